The Hall–Kier alpha value is -2.25. The first-order chi connectivity index (χ1) is 11.3. The average molecular weight is 325 g/mol. The molecule has 0 spiro atoms. The molecule has 0 unspecified atom stereocenters. The highest BCUT2D eigenvalue weighted by molar-refractivity contribution is 7.11. The number of thiophene rings is 1. The molecule has 4 heteroatoms. The summed E-state index contributed by atoms with van der Waals surface area (Å²) >= 11 is 1.57. The predicted molar refractivity (Wildman–Crippen MR) is 93.7 cm³/mol. The summed E-state index contributed by atoms with van der Waals surface area (Å²) in [6, 6.07) is 12.0. The maximum Gasteiger partial charge on any atom is 0.162 e. The minimum Gasteiger partial charge on any atom is -0.493 e. The molecule has 1 saturated carbocycles. The summed E-state index contributed by atoms with van der Waals surface area (Å²) in [6.07, 6.45) is 6.82. The SMILES string of the molecule is COc1ccc(/C=C(/C#N)c2cccs2)cc1OC1CCCC1. The van der Waals surface area contributed by atoms with E-state index in [4.69, 9.17) is 9.47 Å². The van der Waals surface area contributed by atoms with E-state index >= 15 is 0 Å². The van der Waals surface area contributed by atoms with Crippen molar-refractivity contribution in [2.24, 2.45) is 0 Å². The maximum atomic E-state index is 9.39. The average Bonchev–Trinajstić information content (AvgIpc) is 3.26. The Morgan fingerprint density at radius 1 is 1.26 bits per heavy atom. The third kappa shape index (κ3) is 3.75. The van der Waals surface area contributed by atoms with Crippen LogP contribution in [0.25, 0.3) is 11.6 Å². The lowest BCUT2D eigenvalue weighted by Crippen LogP contribution is -2.11. The monoisotopic (exact) mass is 325 g/mol. The van der Waals surface area contributed by atoms with Crippen molar-refractivity contribution in [3.8, 4) is 17.6 Å². The van der Waals surface area contributed by atoms with Crippen LogP contribution in [-0.2, 0) is 0 Å². The molecule has 3 nitrogen and oxygen atoms in total. The Morgan fingerprint density at radius 2 is 2.09 bits per heavy atom. The molecule has 1 aliphatic carbocycles. The Labute approximate surface area is 140 Å². The first-order valence-corrected chi connectivity index (χ1v) is 8.68. The number of hydrogen-bond donors (Lipinski definition) is 0. The molecule has 118 valence electrons. The second-order valence-electron chi connectivity index (χ2n) is 5.58. The largest absolute Gasteiger partial charge is 0.493 e. The zero-order valence-corrected chi connectivity index (χ0v) is 13.9. The summed E-state index contributed by atoms with van der Waals surface area (Å²) in [5.74, 6) is 1.50. The molecule has 0 radical (unpaired) electrons. The van der Waals surface area contributed by atoms with Gasteiger partial charge in [0.1, 0.15) is 6.07 Å². The molecule has 0 bridgehead atoms. The molecule has 0 aliphatic heterocycles. The third-order valence-corrected chi connectivity index (χ3v) is 4.90. The fourth-order valence-electron chi connectivity index (χ4n) is 2.82. The number of ether oxygens (including phenoxy) is 2. The van der Waals surface area contributed by atoms with Gasteiger partial charge in [-0.15, -0.1) is 11.3 Å². The van der Waals surface area contributed by atoms with E-state index < -0.39 is 0 Å². The van der Waals surface area contributed by atoms with Crippen LogP contribution in [0.1, 0.15) is 36.1 Å². The van der Waals surface area contributed by atoms with Crippen LogP contribution in [0.5, 0.6) is 11.5 Å². The van der Waals surface area contributed by atoms with Gasteiger partial charge in [0.25, 0.3) is 0 Å². The van der Waals surface area contributed by atoms with Gasteiger partial charge < -0.3 is 9.47 Å². The van der Waals surface area contributed by atoms with E-state index in [-0.39, 0.29) is 6.10 Å². The van der Waals surface area contributed by atoms with Crippen molar-refractivity contribution in [2.75, 3.05) is 7.11 Å². The van der Waals surface area contributed by atoms with E-state index in [2.05, 4.69) is 6.07 Å². The zero-order valence-electron chi connectivity index (χ0n) is 13.1. The van der Waals surface area contributed by atoms with E-state index in [1.54, 1.807) is 18.4 Å². The molecule has 1 aromatic carbocycles. The lowest BCUT2D eigenvalue weighted by Gasteiger charge is -2.16. The zero-order chi connectivity index (χ0) is 16.1. The van der Waals surface area contributed by atoms with Gasteiger partial charge in [-0.2, -0.15) is 5.26 Å². The van der Waals surface area contributed by atoms with Crippen molar-refractivity contribution in [3.05, 3.63) is 46.2 Å². The predicted octanol–water partition coefficient (Wildman–Crippen LogP) is 5.14. The van der Waals surface area contributed by atoms with Crippen LogP contribution in [0.2, 0.25) is 0 Å². The number of allylic oxidation sites excluding steroid dienone is 1. The summed E-state index contributed by atoms with van der Waals surface area (Å²) in [7, 11) is 1.65. The Bertz CT molecular complexity index is 722. The summed E-state index contributed by atoms with van der Waals surface area (Å²) < 4.78 is 11.5. The lowest BCUT2D eigenvalue weighted by molar-refractivity contribution is 0.201. The van der Waals surface area contributed by atoms with Crippen molar-refractivity contribution >= 4 is 23.0 Å². The van der Waals surface area contributed by atoms with Crippen LogP contribution in [0.15, 0.2) is 35.7 Å². The second kappa shape index (κ2) is 7.34. The normalized spacial score (nSPS) is 15.4. The standard InChI is InChI=1S/C19H19NO2S/c1-21-17-9-8-14(11-15(13-20)19-7-4-10-23-19)12-18(17)22-16-5-2-3-6-16/h4,7-12,16H,2-3,5-6H2,1H3/b15-11-. The van der Waals surface area contributed by atoms with Crippen LogP contribution >= 0.6 is 11.3 Å². The van der Waals surface area contributed by atoms with Crippen molar-refractivity contribution in [3.63, 3.8) is 0 Å². The van der Waals surface area contributed by atoms with E-state index in [1.807, 2.05) is 41.8 Å². The summed E-state index contributed by atoms with van der Waals surface area (Å²) in [5.41, 5.74) is 1.61. The van der Waals surface area contributed by atoms with Crippen LogP contribution in [-0.4, -0.2) is 13.2 Å². The van der Waals surface area contributed by atoms with Crippen LogP contribution in [0, 0.1) is 11.3 Å². The summed E-state index contributed by atoms with van der Waals surface area (Å²) in [6.45, 7) is 0. The Kier molecular flexibility index (Phi) is 4.99. The van der Waals surface area contributed by atoms with Crippen molar-refractivity contribution in [1.82, 2.24) is 0 Å². The van der Waals surface area contributed by atoms with Gasteiger partial charge in [-0.25, -0.2) is 0 Å². The first-order valence-electron chi connectivity index (χ1n) is 7.80. The Balaban J connectivity index is 1.89. The van der Waals surface area contributed by atoms with Crippen LogP contribution in [0.3, 0.4) is 0 Å². The molecule has 0 saturated heterocycles. The highest BCUT2D eigenvalue weighted by Crippen LogP contribution is 2.33. The molecule has 0 N–H and O–H groups in total. The van der Waals surface area contributed by atoms with Gasteiger partial charge in [0, 0.05) is 4.88 Å². The highest BCUT2D eigenvalue weighted by atomic mass is 32.1. The molecule has 0 atom stereocenters. The Morgan fingerprint density at radius 3 is 2.74 bits per heavy atom. The smallest absolute Gasteiger partial charge is 0.162 e. The highest BCUT2D eigenvalue weighted by Gasteiger charge is 2.18. The van der Waals surface area contributed by atoms with Gasteiger partial charge >= 0.3 is 0 Å². The number of methoxy groups -OCH3 is 1. The van der Waals surface area contributed by atoms with Crippen LogP contribution < -0.4 is 9.47 Å². The van der Waals surface area contributed by atoms with E-state index in [0.717, 1.165) is 34.8 Å². The van der Waals surface area contributed by atoms with E-state index in [9.17, 15) is 5.26 Å². The van der Waals surface area contributed by atoms with Crippen molar-refractivity contribution in [1.29, 1.82) is 5.26 Å². The number of benzene rings is 1. The van der Waals surface area contributed by atoms with E-state index in [0.29, 0.717) is 5.57 Å². The molecule has 1 heterocycles. The fraction of sp³-hybridized carbons (Fsp3) is 0.316. The quantitative estimate of drug-likeness (QED) is 0.715. The number of rotatable bonds is 5. The molecule has 1 aliphatic rings. The van der Waals surface area contributed by atoms with Crippen molar-refractivity contribution in [2.45, 2.75) is 31.8 Å². The lowest BCUT2D eigenvalue weighted by atomic mass is 10.1. The first kappa shape index (κ1) is 15.6. The minimum atomic E-state index is 0.274. The molecule has 1 fully saturated rings. The molecule has 2 aromatic rings. The van der Waals surface area contributed by atoms with Gasteiger partial charge in [-0.1, -0.05) is 12.1 Å². The molecule has 23 heavy (non-hydrogen) atoms. The molecule has 3 rings (SSSR count). The molecule has 1 aromatic heterocycles. The second-order valence-corrected chi connectivity index (χ2v) is 6.53. The number of nitriles is 1. The van der Waals surface area contributed by atoms with Gasteiger partial charge in [0.05, 0.1) is 18.8 Å². The van der Waals surface area contributed by atoms with E-state index in [1.165, 1.54) is 12.8 Å². The summed E-state index contributed by atoms with van der Waals surface area (Å²) in [4.78, 5) is 0.974. The number of hydrogen-bond acceptors (Lipinski definition) is 4. The van der Waals surface area contributed by atoms with Gasteiger partial charge in [-0.05, 0) is 60.9 Å². The fourth-order valence-corrected chi connectivity index (χ4v) is 3.51. The summed E-state index contributed by atoms with van der Waals surface area (Å²) in [5, 5.41) is 11.4. The number of nitrogens with zero attached hydrogens (tertiary/aromatic N) is 1. The van der Waals surface area contributed by atoms with Crippen molar-refractivity contribution < 1.29 is 9.47 Å². The third-order valence-electron chi connectivity index (χ3n) is 4.00. The van der Waals surface area contributed by atoms with Crippen LogP contribution in [0.4, 0.5) is 0 Å². The maximum absolute atomic E-state index is 9.39. The van der Waals surface area contributed by atoms with Gasteiger partial charge in [-0.3, -0.25) is 0 Å². The van der Waals surface area contributed by atoms with Gasteiger partial charge in [0.2, 0.25) is 0 Å². The van der Waals surface area contributed by atoms with Gasteiger partial charge in [0.15, 0.2) is 11.5 Å². The minimum absolute atomic E-state index is 0.274. The molecular weight excluding hydrogens is 306 g/mol. The topological polar surface area (TPSA) is 42.2 Å². The molecular formula is C19H19NO2S. The molecule has 0 amide bonds.